The Morgan fingerprint density at radius 3 is 2.50 bits per heavy atom. The molecule has 2 N–H and O–H groups in total. The molecule has 20 heavy (non-hydrogen) atoms. The molecule has 0 aliphatic carbocycles. The molecule has 1 fully saturated rings. The number of hydrogen-bond donors (Lipinski definition) is 2. The highest BCUT2D eigenvalue weighted by atomic mass is 32.1. The molecule has 1 amide bonds. The Kier molecular flexibility index (Phi) is 3.12. The summed E-state index contributed by atoms with van der Waals surface area (Å²) in [5.41, 5.74) is 1.38. The van der Waals surface area contributed by atoms with E-state index in [-0.39, 0.29) is 5.91 Å². The van der Waals surface area contributed by atoms with Crippen LogP contribution in [0.15, 0.2) is 42.1 Å². The molecule has 4 nitrogen and oxygen atoms in total. The number of ether oxygens (including phenoxy) is 1. The molecule has 1 heterocycles. The van der Waals surface area contributed by atoms with E-state index in [0.29, 0.717) is 10.8 Å². The minimum Gasteiger partial charge on any atom is -0.496 e. The summed E-state index contributed by atoms with van der Waals surface area (Å²) in [6, 6.07) is 11.7. The van der Waals surface area contributed by atoms with Crippen LogP contribution in [0.3, 0.4) is 0 Å². The number of methoxy groups -OCH3 is 1. The zero-order valence-corrected chi connectivity index (χ0v) is 11.6. The molecule has 2 aromatic carbocycles. The molecule has 100 valence electrons. The Balaban J connectivity index is 2.16. The summed E-state index contributed by atoms with van der Waals surface area (Å²) in [6.07, 6.45) is 1.79. The second-order valence-electron chi connectivity index (χ2n) is 4.37. The molecule has 3 rings (SSSR count). The predicted molar refractivity (Wildman–Crippen MR) is 82.4 cm³/mol. The number of fused-ring (bicyclic) bond motifs is 1. The lowest BCUT2D eigenvalue weighted by Gasteiger charge is -2.08. The van der Waals surface area contributed by atoms with E-state index in [1.165, 1.54) is 0 Å². The Labute approximate surface area is 121 Å². The minimum atomic E-state index is -0.213. The number of thiocarbonyl (C=S) groups is 1. The van der Waals surface area contributed by atoms with Crippen molar-refractivity contribution in [2.45, 2.75) is 0 Å². The number of rotatable bonds is 2. The number of nitrogens with one attached hydrogen (secondary N) is 2. The van der Waals surface area contributed by atoms with E-state index in [4.69, 9.17) is 17.0 Å². The van der Waals surface area contributed by atoms with Crippen molar-refractivity contribution in [3.05, 3.63) is 47.7 Å². The number of hydrogen-bond acceptors (Lipinski definition) is 3. The predicted octanol–water partition coefficient (Wildman–Crippen LogP) is 2.19. The Bertz CT molecular complexity index is 753. The molecule has 0 aromatic heterocycles. The summed E-state index contributed by atoms with van der Waals surface area (Å²) in [4.78, 5) is 11.7. The van der Waals surface area contributed by atoms with E-state index in [2.05, 4.69) is 10.6 Å². The number of carbonyl (C=O) groups is 1. The first-order valence-corrected chi connectivity index (χ1v) is 6.49. The fourth-order valence-corrected chi connectivity index (χ4v) is 2.44. The Morgan fingerprint density at radius 2 is 1.85 bits per heavy atom. The highest BCUT2D eigenvalue weighted by Gasteiger charge is 2.20. The van der Waals surface area contributed by atoms with Gasteiger partial charge in [-0.15, -0.1) is 0 Å². The van der Waals surface area contributed by atoms with Crippen molar-refractivity contribution in [3.63, 3.8) is 0 Å². The molecule has 1 saturated heterocycles. The fourth-order valence-electron chi connectivity index (χ4n) is 2.24. The van der Waals surface area contributed by atoms with E-state index < -0.39 is 0 Å². The van der Waals surface area contributed by atoms with E-state index in [1.807, 2.05) is 36.4 Å². The third-order valence-electron chi connectivity index (χ3n) is 3.16. The number of carbonyl (C=O) groups excluding carboxylic acids is 1. The van der Waals surface area contributed by atoms with Gasteiger partial charge in [0.25, 0.3) is 5.91 Å². The fraction of sp³-hybridized carbons (Fsp3) is 0.0667. The second-order valence-corrected chi connectivity index (χ2v) is 4.78. The smallest absolute Gasteiger partial charge is 0.273 e. The van der Waals surface area contributed by atoms with Crippen LogP contribution >= 0.6 is 12.2 Å². The van der Waals surface area contributed by atoms with Crippen LogP contribution in [-0.2, 0) is 4.79 Å². The summed E-state index contributed by atoms with van der Waals surface area (Å²) >= 11 is 4.92. The molecule has 0 saturated carbocycles. The lowest BCUT2D eigenvalue weighted by Crippen LogP contribution is -2.21. The van der Waals surface area contributed by atoms with Crippen LogP contribution in [0.2, 0.25) is 0 Å². The van der Waals surface area contributed by atoms with Crippen LogP contribution in [0.25, 0.3) is 16.8 Å². The van der Waals surface area contributed by atoms with E-state index in [0.717, 1.165) is 22.1 Å². The first-order valence-electron chi connectivity index (χ1n) is 6.09. The molecule has 1 aliphatic rings. The summed E-state index contributed by atoms with van der Waals surface area (Å²) in [7, 11) is 1.64. The quantitative estimate of drug-likeness (QED) is 0.655. The lowest BCUT2D eigenvalue weighted by atomic mass is 10.0. The topological polar surface area (TPSA) is 50.4 Å². The van der Waals surface area contributed by atoms with Crippen LogP contribution in [0.5, 0.6) is 5.75 Å². The average molecular weight is 284 g/mol. The molecule has 0 radical (unpaired) electrons. The van der Waals surface area contributed by atoms with Gasteiger partial charge in [0.05, 0.1) is 7.11 Å². The minimum absolute atomic E-state index is 0.213. The van der Waals surface area contributed by atoms with Gasteiger partial charge in [-0.2, -0.15) is 0 Å². The number of amides is 1. The molecular formula is C15H12N2O2S. The van der Waals surface area contributed by atoms with Gasteiger partial charge in [0.15, 0.2) is 5.11 Å². The maximum Gasteiger partial charge on any atom is 0.273 e. The molecular weight excluding hydrogens is 272 g/mol. The summed E-state index contributed by atoms with van der Waals surface area (Å²) in [6.45, 7) is 0. The molecule has 2 aromatic rings. The second kappa shape index (κ2) is 4.94. The normalized spacial score (nSPS) is 16.4. The monoisotopic (exact) mass is 284 g/mol. The van der Waals surface area contributed by atoms with Crippen molar-refractivity contribution in [1.29, 1.82) is 0 Å². The number of benzene rings is 2. The summed E-state index contributed by atoms with van der Waals surface area (Å²) in [5.74, 6) is 0.594. The third kappa shape index (κ3) is 2.12. The van der Waals surface area contributed by atoms with E-state index >= 15 is 0 Å². The van der Waals surface area contributed by atoms with Gasteiger partial charge in [-0.3, -0.25) is 10.1 Å². The van der Waals surface area contributed by atoms with Crippen LogP contribution in [-0.4, -0.2) is 18.1 Å². The van der Waals surface area contributed by atoms with Crippen molar-refractivity contribution >= 4 is 40.1 Å². The van der Waals surface area contributed by atoms with Crippen molar-refractivity contribution in [2.24, 2.45) is 0 Å². The molecule has 5 heteroatoms. The third-order valence-corrected chi connectivity index (χ3v) is 3.36. The first kappa shape index (κ1) is 12.6. The van der Waals surface area contributed by atoms with E-state index in [1.54, 1.807) is 13.2 Å². The summed E-state index contributed by atoms with van der Waals surface area (Å²) in [5, 5.41) is 7.75. The van der Waals surface area contributed by atoms with Gasteiger partial charge in [-0.05, 0) is 35.3 Å². The van der Waals surface area contributed by atoms with Gasteiger partial charge in [0, 0.05) is 5.39 Å². The Morgan fingerprint density at radius 1 is 1.10 bits per heavy atom. The zero-order valence-electron chi connectivity index (χ0n) is 10.8. The first-order chi connectivity index (χ1) is 9.69. The van der Waals surface area contributed by atoms with Crippen molar-refractivity contribution in [1.82, 2.24) is 10.6 Å². The molecule has 0 spiro atoms. The van der Waals surface area contributed by atoms with Gasteiger partial charge in [0.1, 0.15) is 11.4 Å². The van der Waals surface area contributed by atoms with Gasteiger partial charge < -0.3 is 10.1 Å². The zero-order chi connectivity index (χ0) is 14.1. The lowest BCUT2D eigenvalue weighted by molar-refractivity contribution is -0.115. The maximum absolute atomic E-state index is 11.7. The Hall–Kier alpha value is -2.40. The van der Waals surface area contributed by atoms with Gasteiger partial charge in [-0.1, -0.05) is 30.3 Å². The van der Waals surface area contributed by atoms with Gasteiger partial charge in [-0.25, -0.2) is 0 Å². The SMILES string of the molecule is COc1ccc(/C=C2/NC(=S)NC2=O)c2ccccc12. The molecule has 0 bridgehead atoms. The highest BCUT2D eigenvalue weighted by molar-refractivity contribution is 7.80. The van der Waals surface area contributed by atoms with Crippen molar-refractivity contribution in [3.8, 4) is 5.75 Å². The average Bonchev–Trinajstić information content (AvgIpc) is 2.77. The van der Waals surface area contributed by atoms with Crippen LogP contribution in [0.4, 0.5) is 0 Å². The van der Waals surface area contributed by atoms with Crippen LogP contribution in [0.1, 0.15) is 5.56 Å². The molecule has 0 unspecified atom stereocenters. The van der Waals surface area contributed by atoms with Crippen molar-refractivity contribution < 1.29 is 9.53 Å². The molecule has 1 aliphatic heterocycles. The summed E-state index contributed by atoms with van der Waals surface area (Å²) < 4.78 is 5.35. The van der Waals surface area contributed by atoms with Gasteiger partial charge >= 0.3 is 0 Å². The van der Waals surface area contributed by atoms with Gasteiger partial charge in [0.2, 0.25) is 0 Å². The van der Waals surface area contributed by atoms with E-state index in [9.17, 15) is 4.79 Å². The highest BCUT2D eigenvalue weighted by Crippen LogP contribution is 2.29. The van der Waals surface area contributed by atoms with Crippen LogP contribution in [0, 0.1) is 0 Å². The van der Waals surface area contributed by atoms with Crippen molar-refractivity contribution in [2.75, 3.05) is 7.11 Å². The molecule has 0 atom stereocenters. The maximum atomic E-state index is 11.7. The standard InChI is InChI=1S/C15H12N2O2S/c1-19-13-7-6-9(10-4-2-3-5-11(10)13)8-12-14(18)17-15(20)16-12/h2-8H,1H3,(H2,16,17,18,20)/b12-8+. The largest absolute Gasteiger partial charge is 0.496 e. The van der Waals surface area contributed by atoms with Crippen LogP contribution < -0.4 is 15.4 Å².